The fraction of sp³-hybridized carbons (Fsp3) is 0.278. The Hall–Kier alpha value is -2.67. The van der Waals surface area contributed by atoms with Crippen LogP contribution in [0.3, 0.4) is 0 Å². The number of nitro benzene ring substituents is 1. The Morgan fingerprint density at radius 1 is 1.23 bits per heavy atom. The molecule has 3 rings (SSSR count). The van der Waals surface area contributed by atoms with E-state index in [2.05, 4.69) is 6.07 Å². The number of nitrogens with zero attached hydrogens (tertiary/aromatic N) is 2. The molecular formula is C18H16N2O2. The van der Waals surface area contributed by atoms with Gasteiger partial charge in [-0.3, -0.25) is 10.1 Å². The number of non-ortho nitro benzene ring substituents is 1. The minimum Gasteiger partial charge on any atom is -0.258 e. The maximum absolute atomic E-state index is 11.1. The van der Waals surface area contributed by atoms with Crippen LogP contribution >= 0.6 is 0 Å². The topological polar surface area (TPSA) is 66.9 Å². The van der Waals surface area contributed by atoms with Gasteiger partial charge in [-0.1, -0.05) is 37.3 Å². The number of aryl methyl sites for hydroxylation is 1. The van der Waals surface area contributed by atoms with Gasteiger partial charge in [0.1, 0.15) is 0 Å². The first-order valence-corrected chi connectivity index (χ1v) is 7.35. The predicted molar refractivity (Wildman–Crippen MR) is 83.6 cm³/mol. The Kier molecular flexibility index (Phi) is 3.42. The lowest BCUT2D eigenvalue weighted by atomic mass is 9.76. The van der Waals surface area contributed by atoms with E-state index < -0.39 is 10.3 Å². The molecule has 0 spiro atoms. The molecule has 0 saturated carbocycles. The number of benzene rings is 2. The van der Waals surface area contributed by atoms with Crippen LogP contribution in [-0.4, -0.2) is 4.92 Å². The molecule has 0 bridgehead atoms. The van der Waals surface area contributed by atoms with Crippen LogP contribution in [0.2, 0.25) is 0 Å². The summed E-state index contributed by atoms with van der Waals surface area (Å²) >= 11 is 0. The number of fused-ring (bicyclic) bond motifs is 1. The maximum atomic E-state index is 11.1. The molecule has 1 aliphatic carbocycles. The zero-order valence-corrected chi connectivity index (χ0v) is 12.4. The number of nitro groups is 1. The summed E-state index contributed by atoms with van der Waals surface area (Å²) in [5.74, 6) is 0. The highest BCUT2D eigenvalue weighted by Crippen LogP contribution is 2.41. The fourth-order valence-electron chi connectivity index (χ4n) is 3.38. The molecule has 0 atom stereocenters. The van der Waals surface area contributed by atoms with E-state index in [1.165, 1.54) is 6.07 Å². The summed E-state index contributed by atoms with van der Waals surface area (Å²) in [7, 11) is 0. The molecule has 110 valence electrons. The van der Waals surface area contributed by atoms with Crippen molar-refractivity contribution in [2.75, 3.05) is 0 Å². The van der Waals surface area contributed by atoms with Crippen molar-refractivity contribution in [2.45, 2.75) is 31.6 Å². The molecule has 0 amide bonds. The van der Waals surface area contributed by atoms with Crippen LogP contribution in [-0.2, 0) is 24.7 Å². The van der Waals surface area contributed by atoms with Gasteiger partial charge in [0.05, 0.1) is 16.4 Å². The Bertz CT molecular complexity index is 765. The number of rotatable bonds is 3. The van der Waals surface area contributed by atoms with Gasteiger partial charge >= 0.3 is 0 Å². The van der Waals surface area contributed by atoms with Crippen molar-refractivity contribution >= 4 is 5.69 Å². The smallest absolute Gasteiger partial charge is 0.258 e. The van der Waals surface area contributed by atoms with Crippen LogP contribution in [0.4, 0.5) is 5.69 Å². The van der Waals surface area contributed by atoms with E-state index in [0.29, 0.717) is 12.8 Å². The van der Waals surface area contributed by atoms with Crippen molar-refractivity contribution in [3.05, 3.63) is 74.8 Å². The van der Waals surface area contributed by atoms with Gasteiger partial charge in [-0.2, -0.15) is 5.26 Å². The average Bonchev–Trinajstić information content (AvgIpc) is 2.94. The summed E-state index contributed by atoms with van der Waals surface area (Å²) in [5, 5.41) is 21.0. The molecule has 0 unspecified atom stereocenters. The first-order valence-electron chi connectivity index (χ1n) is 7.35. The van der Waals surface area contributed by atoms with Crippen molar-refractivity contribution in [3.63, 3.8) is 0 Å². The fourth-order valence-corrected chi connectivity index (χ4v) is 3.38. The second-order valence-corrected chi connectivity index (χ2v) is 5.77. The summed E-state index contributed by atoms with van der Waals surface area (Å²) in [4.78, 5) is 10.7. The minimum atomic E-state index is -0.693. The zero-order valence-electron chi connectivity index (χ0n) is 12.4. The molecule has 0 saturated heterocycles. The van der Waals surface area contributed by atoms with Gasteiger partial charge < -0.3 is 0 Å². The average molecular weight is 292 g/mol. The normalized spacial score (nSPS) is 15.1. The molecule has 4 heteroatoms. The number of hydrogen-bond donors (Lipinski definition) is 0. The third-order valence-corrected chi connectivity index (χ3v) is 4.52. The second kappa shape index (κ2) is 5.27. The third-order valence-electron chi connectivity index (χ3n) is 4.52. The number of nitriles is 1. The van der Waals surface area contributed by atoms with Crippen LogP contribution in [0.15, 0.2) is 42.5 Å². The van der Waals surface area contributed by atoms with E-state index in [-0.39, 0.29) is 5.69 Å². The van der Waals surface area contributed by atoms with Gasteiger partial charge in [-0.25, -0.2) is 0 Å². The summed E-state index contributed by atoms with van der Waals surface area (Å²) in [5.41, 5.74) is 3.51. The van der Waals surface area contributed by atoms with Crippen LogP contribution in [0.1, 0.15) is 29.2 Å². The standard InChI is InChI=1S/C18H16N2O2/c1-2-13-7-8-16(20(21)22)9-17(13)18(12-19)10-14-5-3-4-6-15(14)11-18/h3-9H,2,10-11H2,1H3. The molecule has 0 heterocycles. The Labute approximate surface area is 129 Å². The largest absolute Gasteiger partial charge is 0.269 e. The van der Waals surface area contributed by atoms with Crippen molar-refractivity contribution in [3.8, 4) is 6.07 Å². The summed E-state index contributed by atoms with van der Waals surface area (Å²) in [6, 6.07) is 15.4. The molecular weight excluding hydrogens is 276 g/mol. The molecule has 22 heavy (non-hydrogen) atoms. The Morgan fingerprint density at radius 3 is 2.36 bits per heavy atom. The van der Waals surface area contributed by atoms with E-state index >= 15 is 0 Å². The summed E-state index contributed by atoms with van der Waals surface area (Å²) < 4.78 is 0. The van der Waals surface area contributed by atoms with E-state index in [1.54, 1.807) is 12.1 Å². The van der Waals surface area contributed by atoms with Gasteiger partial charge in [-0.05, 0) is 41.5 Å². The molecule has 2 aromatic rings. The van der Waals surface area contributed by atoms with Crippen LogP contribution in [0, 0.1) is 21.4 Å². The molecule has 0 N–H and O–H groups in total. The summed E-state index contributed by atoms with van der Waals surface area (Å²) in [6.07, 6.45) is 1.99. The van der Waals surface area contributed by atoms with Gasteiger partial charge in [0, 0.05) is 12.1 Å². The third kappa shape index (κ3) is 2.15. The van der Waals surface area contributed by atoms with Crippen LogP contribution in [0.25, 0.3) is 0 Å². The SMILES string of the molecule is CCc1ccc([N+](=O)[O-])cc1C1(C#N)Cc2ccccc2C1. The number of hydrogen-bond acceptors (Lipinski definition) is 3. The van der Waals surface area contributed by atoms with Crippen LogP contribution in [0.5, 0.6) is 0 Å². The Balaban J connectivity index is 2.15. The molecule has 2 aromatic carbocycles. The molecule has 0 fully saturated rings. The molecule has 0 radical (unpaired) electrons. The highest BCUT2D eigenvalue weighted by Gasteiger charge is 2.41. The minimum absolute atomic E-state index is 0.0535. The Morgan fingerprint density at radius 2 is 1.86 bits per heavy atom. The van der Waals surface area contributed by atoms with E-state index in [1.807, 2.05) is 31.2 Å². The first kappa shape index (κ1) is 14.3. The monoisotopic (exact) mass is 292 g/mol. The van der Waals surface area contributed by atoms with Crippen molar-refractivity contribution < 1.29 is 4.92 Å². The van der Waals surface area contributed by atoms with Crippen molar-refractivity contribution in [1.82, 2.24) is 0 Å². The van der Waals surface area contributed by atoms with Gasteiger partial charge in [0.15, 0.2) is 0 Å². The van der Waals surface area contributed by atoms with Crippen molar-refractivity contribution in [1.29, 1.82) is 5.26 Å². The highest BCUT2D eigenvalue weighted by atomic mass is 16.6. The van der Waals surface area contributed by atoms with E-state index in [9.17, 15) is 15.4 Å². The lowest BCUT2D eigenvalue weighted by Crippen LogP contribution is -2.26. The van der Waals surface area contributed by atoms with Crippen LogP contribution < -0.4 is 0 Å². The lowest BCUT2D eigenvalue weighted by molar-refractivity contribution is -0.385. The van der Waals surface area contributed by atoms with Crippen molar-refractivity contribution in [2.24, 2.45) is 0 Å². The first-order chi connectivity index (χ1) is 10.6. The lowest BCUT2D eigenvalue weighted by Gasteiger charge is -2.23. The predicted octanol–water partition coefficient (Wildman–Crippen LogP) is 3.72. The van der Waals surface area contributed by atoms with E-state index in [4.69, 9.17) is 0 Å². The molecule has 1 aliphatic rings. The zero-order chi connectivity index (χ0) is 15.7. The second-order valence-electron chi connectivity index (χ2n) is 5.77. The van der Waals surface area contributed by atoms with Gasteiger partial charge in [-0.15, -0.1) is 0 Å². The quantitative estimate of drug-likeness (QED) is 0.639. The maximum Gasteiger partial charge on any atom is 0.269 e. The molecule has 4 nitrogen and oxygen atoms in total. The van der Waals surface area contributed by atoms with Gasteiger partial charge in [0.25, 0.3) is 5.69 Å². The molecule has 0 aliphatic heterocycles. The highest BCUT2D eigenvalue weighted by molar-refractivity contribution is 5.52. The van der Waals surface area contributed by atoms with Gasteiger partial charge in [0.2, 0.25) is 0 Å². The molecule has 0 aromatic heterocycles. The van der Waals surface area contributed by atoms with E-state index in [0.717, 1.165) is 28.7 Å². The summed E-state index contributed by atoms with van der Waals surface area (Å²) in [6.45, 7) is 2.01.